The molecule has 0 aliphatic carbocycles. The van der Waals surface area contributed by atoms with Gasteiger partial charge in [-0.3, -0.25) is 9.89 Å². The molecule has 0 saturated heterocycles. The van der Waals surface area contributed by atoms with Crippen molar-refractivity contribution < 1.29 is 18.3 Å². The van der Waals surface area contributed by atoms with Gasteiger partial charge in [0.25, 0.3) is 0 Å². The normalized spacial score (nSPS) is 10.9. The van der Waals surface area contributed by atoms with Crippen molar-refractivity contribution in [2.75, 3.05) is 12.4 Å². The summed E-state index contributed by atoms with van der Waals surface area (Å²) in [5.74, 6) is -0.150. The molecule has 1 amide bonds. The van der Waals surface area contributed by atoms with Crippen LogP contribution in [0, 0.1) is 11.6 Å². The van der Waals surface area contributed by atoms with E-state index in [1.54, 1.807) is 37.4 Å². The van der Waals surface area contributed by atoms with Gasteiger partial charge >= 0.3 is 0 Å². The van der Waals surface area contributed by atoms with E-state index in [2.05, 4.69) is 15.5 Å². The Morgan fingerprint density at radius 3 is 2.62 bits per heavy atom. The molecule has 5 nitrogen and oxygen atoms in total. The minimum absolute atomic E-state index is 0.159. The number of anilines is 1. The highest BCUT2D eigenvalue weighted by Gasteiger charge is 2.13. The standard InChI is InChI=1S/C22H17F2N3O2/c1-29-16-6-2-13(3-7-16)10-21(28)25-22-17-8-4-14(11-20(17)26-27-22)18-12-15(23)5-9-19(18)24/h2-9,11-12H,10H2,1H3,(H2,25,26,27,28). The first kappa shape index (κ1) is 18.6. The molecule has 3 aromatic carbocycles. The number of carbonyl (C=O) groups is 1. The van der Waals surface area contributed by atoms with Crippen LogP contribution in [0.2, 0.25) is 0 Å². The molecule has 0 saturated carbocycles. The van der Waals surface area contributed by atoms with E-state index < -0.39 is 11.6 Å². The Morgan fingerprint density at radius 2 is 1.86 bits per heavy atom. The number of methoxy groups -OCH3 is 1. The second-order valence-electron chi connectivity index (χ2n) is 6.53. The SMILES string of the molecule is COc1ccc(CC(=O)Nc2n[nH]c3cc(-c4cc(F)ccc4F)ccc23)cc1. The Bertz CT molecular complexity index is 1190. The summed E-state index contributed by atoms with van der Waals surface area (Å²) >= 11 is 0. The largest absolute Gasteiger partial charge is 0.497 e. The van der Waals surface area contributed by atoms with Crippen LogP contribution in [-0.4, -0.2) is 23.2 Å². The highest BCUT2D eigenvalue weighted by atomic mass is 19.1. The molecular formula is C22H17F2N3O2. The predicted molar refractivity (Wildman–Crippen MR) is 107 cm³/mol. The summed E-state index contributed by atoms with van der Waals surface area (Å²) in [6.07, 6.45) is 0.185. The predicted octanol–water partition coefficient (Wildman–Crippen LogP) is 4.70. The monoisotopic (exact) mass is 393 g/mol. The van der Waals surface area contributed by atoms with Crippen LogP contribution in [0.3, 0.4) is 0 Å². The lowest BCUT2D eigenvalue weighted by molar-refractivity contribution is -0.115. The van der Waals surface area contributed by atoms with Gasteiger partial charge in [-0.25, -0.2) is 8.78 Å². The zero-order valence-corrected chi connectivity index (χ0v) is 15.5. The van der Waals surface area contributed by atoms with Crippen molar-refractivity contribution in [3.63, 3.8) is 0 Å². The zero-order chi connectivity index (χ0) is 20.4. The molecule has 146 valence electrons. The van der Waals surface area contributed by atoms with Crippen LogP contribution in [0.1, 0.15) is 5.56 Å². The Kier molecular flexibility index (Phi) is 4.95. The lowest BCUT2D eigenvalue weighted by Gasteiger charge is -2.06. The molecule has 0 radical (unpaired) electrons. The Balaban J connectivity index is 1.54. The molecule has 0 spiro atoms. The number of amides is 1. The molecule has 1 aromatic heterocycles. The first-order chi connectivity index (χ1) is 14.0. The average Bonchev–Trinajstić information content (AvgIpc) is 3.12. The number of H-pyrrole nitrogens is 1. The van der Waals surface area contributed by atoms with Gasteiger partial charge in [-0.2, -0.15) is 5.10 Å². The number of ether oxygens (including phenoxy) is 1. The van der Waals surface area contributed by atoms with E-state index in [-0.39, 0.29) is 17.9 Å². The first-order valence-corrected chi connectivity index (χ1v) is 8.90. The van der Waals surface area contributed by atoms with Crippen LogP contribution >= 0.6 is 0 Å². The van der Waals surface area contributed by atoms with E-state index in [1.807, 2.05) is 12.1 Å². The van der Waals surface area contributed by atoms with Crippen molar-refractivity contribution in [2.45, 2.75) is 6.42 Å². The van der Waals surface area contributed by atoms with E-state index in [0.717, 1.165) is 29.5 Å². The van der Waals surface area contributed by atoms with Gasteiger partial charge in [0.1, 0.15) is 17.4 Å². The lowest BCUT2D eigenvalue weighted by atomic mass is 10.0. The number of hydrogen-bond donors (Lipinski definition) is 2. The molecule has 0 aliphatic heterocycles. The minimum Gasteiger partial charge on any atom is -0.497 e. The van der Waals surface area contributed by atoms with Crippen LogP contribution < -0.4 is 10.1 Å². The van der Waals surface area contributed by atoms with Crippen LogP contribution in [0.15, 0.2) is 60.7 Å². The zero-order valence-electron chi connectivity index (χ0n) is 15.5. The molecule has 0 bridgehead atoms. The first-order valence-electron chi connectivity index (χ1n) is 8.90. The quantitative estimate of drug-likeness (QED) is 0.517. The van der Waals surface area contributed by atoms with Crippen molar-refractivity contribution in [3.8, 4) is 16.9 Å². The topological polar surface area (TPSA) is 67.0 Å². The smallest absolute Gasteiger partial charge is 0.230 e. The highest BCUT2D eigenvalue weighted by Crippen LogP contribution is 2.29. The number of hydrogen-bond acceptors (Lipinski definition) is 3. The number of rotatable bonds is 5. The Hall–Kier alpha value is -3.74. The maximum Gasteiger partial charge on any atom is 0.230 e. The molecular weight excluding hydrogens is 376 g/mol. The molecule has 7 heteroatoms. The summed E-state index contributed by atoms with van der Waals surface area (Å²) < 4.78 is 32.6. The van der Waals surface area contributed by atoms with Gasteiger partial charge in [0, 0.05) is 10.9 Å². The molecule has 4 rings (SSSR count). The van der Waals surface area contributed by atoms with E-state index in [9.17, 15) is 13.6 Å². The fourth-order valence-electron chi connectivity index (χ4n) is 3.11. The molecule has 0 unspecified atom stereocenters. The summed E-state index contributed by atoms with van der Waals surface area (Å²) in [7, 11) is 1.58. The lowest BCUT2D eigenvalue weighted by Crippen LogP contribution is -2.14. The fourth-order valence-corrected chi connectivity index (χ4v) is 3.11. The van der Waals surface area contributed by atoms with Crippen molar-refractivity contribution >= 4 is 22.6 Å². The molecule has 29 heavy (non-hydrogen) atoms. The van der Waals surface area contributed by atoms with Gasteiger partial charge in [0.05, 0.1) is 19.0 Å². The number of benzene rings is 3. The third kappa shape index (κ3) is 3.94. The molecule has 0 fully saturated rings. The number of nitrogens with one attached hydrogen (secondary N) is 2. The Morgan fingerprint density at radius 1 is 1.07 bits per heavy atom. The van der Waals surface area contributed by atoms with Gasteiger partial charge < -0.3 is 10.1 Å². The minimum atomic E-state index is -0.516. The summed E-state index contributed by atoms with van der Waals surface area (Å²) in [6.45, 7) is 0. The van der Waals surface area contributed by atoms with Gasteiger partial charge in [-0.15, -0.1) is 0 Å². The molecule has 0 aliphatic rings. The summed E-state index contributed by atoms with van der Waals surface area (Å²) in [5.41, 5.74) is 2.11. The number of nitrogens with zero attached hydrogens (tertiary/aromatic N) is 1. The third-order valence-corrected chi connectivity index (χ3v) is 4.58. The second-order valence-corrected chi connectivity index (χ2v) is 6.53. The van der Waals surface area contributed by atoms with Gasteiger partial charge in [-0.05, 0) is 53.6 Å². The second kappa shape index (κ2) is 7.71. The average molecular weight is 393 g/mol. The van der Waals surface area contributed by atoms with Gasteiger partial charge in [0.2, 0.25) is 5.91 Å². The van der Waals surface area contributed by atoms with Crippen LogP contribution in [0.25, 0.3) is 22.0 Å². The highest BCUT2D eigenvalue weighted by molar-refractivity contribution is 6.01. The van der Waals surface area contributed by atoms with E-state index in [0.29, 0.717) is 22.3 Å². The van der Waals surface area contributed by atoms with Crippen LogP contribution in [0.4, 0.5) is 14.6 Å². The van der Waals surface area contributed by atoms with Crippen molar-refractivity contribution in [2.24, 2.45) is 0 Å². The molecule has 0 atom stereocenters. The molecule has 1 heterocycles. The van der Waals surface area contributed by atoms with Crippen LogP contribution in [0.5, 0.6) is 5.75 Å². The van der Waals surface area contributed by atoms with Crippen molar-refractivity contribution in [1.29, 1.82) is 0 Å². The number of halogens is 2. The van der Waals surface area contributed by atoms with E-state index >= 15 is 0 Å². The fraction of sp³-hybridized carbons (Fsp3) is 0.0909. The third-order valence-electron chi connectivity index (χ3n) is 4.58. The maximum absolute atomic E-state index is 14.0. The van der Waals surface area contributed by atoms with E-state index in [1.165, 1.54) is 0 Å². The molecule has 2 N–H and O–H groups in total. The Labute approximate surface area is 165 Å². The number of fused-ring (bicyclic) bond motifs is 1. The van der Waals surface area contributed by atoms with Gasteiger partial charge in [0.15, 0.2) is 5.82 Å². The van der Waals surface area contributed by atoms with E-state index in [4.69, 9.17) is 4.74 Å². The number of aromatic amines is 1. The van der Waals surface area contributed by atoms with Gasteiger partial charge in [-0.1, -0.05) is 18.2 Å². The van der Waals surface area contributed by atoms with Crippen molar-refractivity contribution in [1.82, 2.24) is 10.2 Å². The van der Waals surface area contributed by atoms with Crippen molar-refractivity contribution in [3.05, 3.63) is 77.9 Å². The summed E-state index contributed by atoms with van der Waals surface area (Å²) in [5, 5.41) is 10.4. The van der Waals surface area contributed by atoms with Crippen LogP contribution in [-0.2, 0) is 11.2 Å². The summed E-state index contributed by atoms with van der Waals surface area (Å²) in [6, 6.07) is 15.6. The number of carbonyl (C=O) groups excluding carboxylic acids is 1. The number of aromatic nitrogens is 2. The summed E-state index contributed by atoms with van der Waals surface area (Å²) in [4.78, 5) is 12.4. The molecule has 4 aromatic rings. The maximum atomic E-state index is 14.0.